The van der Waals surface area contributed by atoms with E-state index in [0.29, 0.717) is 12.1 Å². The zero-order valence-corrected chi connectivity index (χ0v) is 15.6. The van der Waals surface area contributed by atoms with E-state index in [9.17, 15) is 0 Å². The van der Waals surface area contributed by atoms with E-state index in [-0.39, 0.29) is 30.0 Å². The first-order valence-electron chi connectivity index (χ1n) is 7.24. The van der Waals surface area contributed by atoms with Crippen molar-refractivity contribution in [1.29, 1.82) is 5.26 Å². The molecule has 0 heterocycles. The molecule has 0 aliphatic carbocycles. The molecule has 0 amide bonds. The third-order valence-corrected chi connectivity index (χ3v) is 3.39. The van der Waals surface area contributed by atoms with Gasteiger partial charge in [0.2, 0.25) is 0 Å². The maximum atomic E-state index is 8.92. The number of guanidine groups is 1. The van der Waals surface area contributed by atoms with Crippen LogP contribution < -0.4 is 10.6 Å². The monoisotopic (exact) mass is 420 g/mol. The molecule has 2 N–H and O–H groups in total. The van der Waals surface area contributed by atoms with E-state index in [1.54, 1.807) is 13.1 Å². The van der Waals surface area contributed by atoms with Crippen LogP contribution in [-0.4, -0.2) is 13.0 Å². The summed E-state index contributed by atoms with van der Waals surface area (Å²) in [6.07, 6.45) is 0. The molecule has 1 unspecified atom stereocenters. The molecule has 0 bridgehead atoms. The summed E-state index contributed by atoms with van der Waals surface area (Å²) in [4.78, 5) is 4.24. The maximum Gasteiger partial charge on any atom is 0.191 e. The van der Waals surface area contributed by atoms with Gasteiger partial charge in [-0.1, -0.05) is 42.5 Å². The van der Waals surface area contributed by atoms with Crippen molar-refractivity contribution in [3.05, 3.63) is 71.3 Å². The van der Waals surface area contributed by atoms with E-state index in [0.717, 1.165) is 11.5 Å². The van der Waals surface area contributed by atoms with E-state index in [4.69, 9.17) is 5.26 Å². The highest BCUT2D eigenvalue weighted by Crippen LogP contribution is 2.10. The molecular weight excluding hydrogens is 399 g/mol. The van der Waals surface area contributed by atoms with Gasteiger partial charge in [-0.2, -0.15) is 5.26 Å². The molecule has 23 heavy (non-hydrogen) atoms. The molecule has 0 aromatic heterocycles. The van der Waals surface area contributed by atoms with Crippen molar-refractivity contribution >= 4 is 29.9 Å². The molecule has 0 spiro atoms. The molecule has 2 aromatic rings. The van der Waals surface area contributed by atoms with Crippen molar-refractivity contribution < 1.29 is 0 Å². The van der Waals surface area contributed by atoms with Gasteiger partial charge in [-0.25, -0.2) is 0 Å². The molecule has 4 nitrogen and oxygen atoms in total. The zero-order chi connectivity index (χ0) is 15.8. The van der Waals surface area contributed by atoms with Crippen molar-refractivity contribution in [2.45, 2.75) is 19.5 Å². The van der Waals surface area contributed by atoms with Crippen LogP contribution in [0, 0.1) is 11.3 Å². The Hall–Kier alpha value is -2.07. The van der Waals surface area contributed by atoms with Crippen LogP contribution in [0.5, 0.6) is 0 Å². The van der Waals surface area contributed by atoms with E-state index in [1.807, 2.05) is 36.4 Å². The second-order valence-corrected chi connectivity index (χ2v) is 5.01. The quantitative estimate of drug-likeness (QED) is 0.452. The first kappa shape index (κ1) is 19.0. The summed E-state index contributed by atoms with van der Waals surface area (Å²) < 4.78 is 0. The molecule has 0 aliphatic heterocycles. The van der Waals surface area contributed by atoms with Gasteiger partial charge < -0.3 is 10.6 Å². The lowest BCUT2D eigenvalue weighted by Crippen LogP contribution is -2.38. The number of rotatable bonds is 4. The normalized spacial score (nSPS) is 11.8. The topological polar surface area (TPSA) is 60.2 Å². The predicted molar refractivity (Wildman–Crippen MR) is 105 cm³/mol. The van der Waals surface area contributed by atoms with E-state index >= 15 is 0 Å². The van der Waals surface area contributed by atoms with Crippen molar-refractivity contribution in [2.75, 3.05) is 7.05 Å². The summed E-state index contributed by atoms with van der Waals surface area (Å²) in [6, 6.07) is 20.1. The van der Waals surface area contributed by atoms with Gasteiger partial charge in [0.25, 0.3) is 0 Å². The fraction of sp³-hybridized carbons (Fsp3) is 0.222. The third-order valence-electron chi connectivity index (χ3n) is 3.39. The average Bonchev–Trinajstić information content (AvgIpc) is 2.59. The maximum absolute atomic E-state index is 8.92. The Morgan fingerprint density at radius 3 is 2.57 bits per heavy atom. The Kier molecular flexibility index (Phi) is 8.13. The van der Waals surface area contributed by atoms with Crippen LogP contribution in [0.1, 0.15) is 29.7 Å². The Labute approximate surface area is 154 Å². The lowest BCUT2D eigenvalue weighted by atomic mass is 10.1. The highest BCUT2D eigenvalue weighted by molar-refractivity contribution is 14.0. The lowest BCUT2D eigenvalue weighted by molar-refractivity contribution is 0.685. The standard InChI is InChI=1S/C18H20N4.HI/c1-14(17-9-4-3-5-10-17)22-18(20-2)21-13-16-8-6-7-15(11-16)12-19;/h3-11,14H,13H2,1-2H3,(H2,20,21,22);1H. The smallest absolute Gasteiger partial charge is 0.191 e. The number of hydrogen-bond acceptors (Lipinski definition) is 2. The molecule has 0 aliphatic rings. The summed E-state index contributed by atoms with van der Waals surface area (Å²) in [7, 11) is 1.75. The first-order valence-corrected chi connectivity index (χ1v) is 7.24. The molecular formula is C18H21IN4. The Balaban J connectivity index is 0.00000264. The SMILES string of the molecule is CN=C(NCc1cccc(C#N)c1)NC(C)c1ccccc1.I. The minimum Gasteiger partial charge on any atom is -0.352 e. The highest BCUT2D eigenvalue weighted by atomic mass is 127. The Bertz CT molecular complexity index is 677. The molecule has 2 rings (SSSR count). The molecule has 0 saturated carbocycles. The second kappa shape index (κ2) is 9.85. The fourth-order valence-electron chi connectivity index (χ4n) is 2.16. The molecule has 120 valence electrons. The molecule has 5 heteroatoms. The van der Waals surface area contributed by atoms with Crippen LogP contribution in [0.3, 0.4) is 0 Å². The predicted octanol–water partition coefficient (Wildman–Crippen LogP) is 3.60. The summed E-state index contributed by atoms with van der Waals surface area (Å²) in [5.74, 6) is 0.735. The highest BCUT2D eigenvalue weighted by Gasteiger charge is 2.07. The van der Waals surface area contributed by atoms with Crippen molar-refractivity contribution in [2.24, 2.45) is 4.99 Å². The van der Waals surface area contributed by atoms with Gasteiger partial charge in [0.15, 0.2) is 5.96 Å². The number of hydrogen-bond donors (Lipinski definition) is 2. The number of nitrogens with zero attached hydrogens (tertiary/aromatic N) is 2. The fourth-order valence-corrected chi connectivity index (χ4v) is 2.16. The molecule has 0 fully saturated rings. The number of benzene rings is 2. The van der Waals surface area contributed by atoms with Gasteiger partial charge in [0.05, 0.1) is 17.7 Å². The van der Waals surface area contributed by atoms with Gasteiger partial charge in [0.1, 0.15) is 0 Å². The van der Waals surface area contributed by atoms with Crippen LogP contribution in [0.4, 0.5) is 0 Å². The number of aliphatic imine (C=N–C) groups is 1. The van der Waals surface area contributed by atoms with Crippen LogP contribution in [0.25, 0.3) is 0 Å². The number of nitrogens with one attached hydrogen (secondary N) is 2. The van der Waals surface area contributed by atoms with Gasteiger partial charge in [-0.3, -0.25) is 4.99 Å². The van der Waals surface area contributed by atoms with E-state index < -0.39 is 0 Å². The van der Waals surface area contributed by atoms with Gasteiger partial charge in [-0.05, 0) is 30.2 Å². The third kappa shape index (κ3) is 5.91. The minimum absolute atomic E-state index is 0. The average molecular weight is 420 g/mol. The van der Waals surface area contributed by atoms with Crippen LogP contribution in [0.2, 0.25) is 0 Å². The molecule has 0 saturated heterocycles. The Morgan fingerprint density at radius 2 is 1.91 bits per heavy atom. The summed E-state index contributed by atoms with van der Waals surface area (Å²) in [5, 5.41) is 15.5. The minimum atomic E-state index is 0. The van der Waals surface area contributed by atoms with Crippen LogP contribution in [-0.2, 0) is 6.54 Å². The Morgan fingerprint density at radius 1 is 1.17 bits per heavy atom. The van der Waals surface area contributed by atoms with Gasteiger partial charge in [-0.15, -0.1) is 24.0 Å². The van der Waals surface area contributed by atoms with E-state index in [1.165, 1.54) is 5.56 Å². The molecule has 1 atom stereocenters. The van der Waals surface area contributed by atoms with Crippen molar-refractivity contribution in [3.8, 4) is 6.07 Å². The number of halogens is 1. The van der Waals surface area contributed by atoms with Crippen LogP contribution >= 0.6 is 24.0 Å². The van der Waals surface area contributed by atoms with Crippen molar-refractivity contribution in [1.82, 2.24) is 10.6 Å². The van der Waals surface area contributed by atoms with Gasteiger partial charge >= 0.3 is 0 Å². The van der Waals surface area contributed by atoms with Crippen molar-refractivity contribution in [3.63, 3.8) is 0 Å². The zero-order valence-electron chi connectivity index (χ0n) is 13.3. The number of nitriles is 1. The summed E-state index contributed by atoms with van der Waals surface area (Å²) in [6.45, 7) is 2.72. The summed E-state index contributed by atoms with van der Waals surface area (Å²) >= 11 is 0. The van der Waals surface area contributed by atoms with E-state index in [2.05, 4.69) is 40.8 Å². The first-order chi connectivity index (χ1) is 10.7. The van der Waals surface area contributed by atoms with Crippen LogP contribution in [0.15, 0.2) is 59.6 Å². The second-order valence-electron chi connectivity index (χ2n) is 5.01. The largest absolute Gasteiger partial charge is 0.352 e. The van der Waals surface area contributed by atoms with Gasteiger partial charge in [0, 0.05) is 13.6 Å². The molecule has 0 radical (unpaired) electrons. The summed E-state index contributed by atoms with van der Waals surface area (Å²) in [5.41, 5.74) is 2.92. The molecule has 2 aromatic carbocycles. The lowest BCUT2D eigenvalue weighted by Gasteiger charge is -2.18.